The number of hydrogen-bond acceptors (Lipinski definition) is 4. The van der Waals surface area contributed by atoms with Gasteiger partial charge < -0.3 is 9.52 Å². The largest absolute Gasteiger partial charge is 0.507 e. The second kappa shape index (κ2) is 7.25. The number of halogens is 1. The molecule has 0 saturated carbocycles. The van der Waals surface area contributed by atoms with Gasteiger partial charge in [0.05, 0.1) is 11.3 Å². The summed E-state index contributed by atoms with van der Waals surface area (Å²) >= 11 is 5.90. The van der Waals surface area contributed by atoms with Crippen LogP contribution >= 0.6 is 11.6 Å². The third kappa shape index (κ3) is 3.71. The lowest BCUT2D eigenvalue weighted by atomic mass is 10.1. The Kier molecular flexibility index (Phi) is 4.65. The number of hydrogen-bond donors (Lipinski definition) is 1. The molecule has 0 aliphatic heterocycles. The number of aromatic nitrogens is 1. The molecule has 4 nitrogen and oxygen atoms in total. The van der Waals surface area contributed by atoms with Crippen LogP contribution in [0.3, 0.4) is 0 Å². The van der Waals surface area contributed by atoms with E-state index in [0.29, 0.717) is 27.7 Å². The topological polar surface area (TPSA) is 58.6 Å². The van der Waals surface area contributed by atoms with E-state index in [2.05, 4.69) is 16.9 Å². The number of aromatic hydroxyl groups is 1. The fraction of sp³-hybridized carbons (Fsp3) is 0.0909. The SMILES string of the molecule is CCc1ccc2oc(-c3cc(N=Cc4ccc(Cl)cc4)ccc3O)nc2c1. The third-order valence-electron chi connectivity index (χ3n) is 4.30. The zero-order valence-electron chi connectivity index (χ0n) is 14.7. The summed E-state index contributed by atoms with van der Waals surface area (Å²) in [5.41, 5.74) is 4.79. The molecule has 1 heterocycles. The van der Waals surface area contributed by atoms with Crippen LogP contribution in [0.15, 0.2) is 70.1 Å². The first-order valence-corrected chi connectivity index (χ1v) is 9.02. The smallest absolute Gasteiger partial charge is 0.231 e. The van der Waals surface area contributed by atoms with E-state index in [-0.39, 0.29) is 5.75 Å². The molecule has 134 valence electrons. The number of nitrogens with zero attached hydrogens (tertiary/aromatic N) is 2. The van der Waals surface area contributed by atoms with E-state index >= 15 is 0 Å². The Hall–Kier alpha value is -3.11. The molecule has 1 N–H and O–H groups in total. The van der Waals surface area contributed by atoms with Crippen molar-refractivity contribution >= 4 is 34.6 Å². The maximum absolute atomic E-state index is 10.3. The number of rotatable bonds is 4. The molecule has 4 rings (SSSR count). The molecule has 3 aromatic carbocycles. The summed E-state index contributed by atoms with van der Waals surface area (Å²) in [5.74, 6) is 0.474. The highest BCUT2D eigenvalue weighted by Gasteiger charge is 2.13. The normalized spacial score (nSPS) is 11.5. The average Bonchev–Trinajstić information content (AvgIpc) is 3.11. The molecule has 0 radical (unpaired) electrons. The first-order valence-electron chi connectivity index (χ1n) is 8.65. The fourth-order valence-corrected chi connectivity index (χ4v) is 2.91. The Morgan fingerprint density at radius 1 is 1.07 bits per heavy atom. The van der Waals surface area contributed by atoms with Gasteiger partial charge in [-0.2, -0.15) is 0 Å². The number of phenolic OH excluding ortho intramolecular Hbond substituents is 1. The number of benzene rings is 3. The van der Waals surface area contributed by atoms with Crippen LogP contribution in [-0.4, -0.2) is 16.3 Å². The minimum atomic E-state index is 0.0997. The van der Waals surface area contributed by atoms with Crippen molar-refractivity contribution < 1.29 is 9.52 Å². The first-order chi connectivity index (χ1) is 13.1. The van der Waals surface area contributed by atoms with Crippen molar-refractivity contribution in [3.05, 3.63) is 76.8 Å². The van der Waals surface area contributed by atoms with Crippen LogP contribution in [0.4, 0.5) is 5.69 Å². The van der Waals surface area contributed by atoms with Gasteiger partial charge in [-0.15, -0.1) is 0 Å². The number of phenols is 1. The summed E-state index contributed by atoms with van der Waals surface area (Å²) in [6, 6.07) is 18.4. The molecule has 0 unspecified atom stereocenters. The van der Waals surface area contributed by atoms with Crippen molar-refractivity contribution in [2.24, 2.45) is 4.99 Å². The van der Waals surface area contributed by atoms with Gasteiger partial charge in [-0.25, -0.2) is 4.98 Å². The molecule has 0 amide bonds. The Bertz CT molecular complexity index is 1130. The van der Waals surface area contributed by atoms with Crippen LogP contribution < -0.4 is 0 Å². The van der Waals surface area contributed by atoms with E-state index in [4.69, 9.17) is 16.0 Å². The highest BCUT2D eigenvalue weighted by Crippen LogP contribution is 2.34. The van der Waals surface area contributed by atoms with Crippen molar-refractivity contribution in [1.82, 2.24) is 4.98 Å². The molecule has 0 bridgehead atoms. The summed E-state index contributed by atoms with van der Waals surface area (Å²) in [5, 5.41) is 10.9. The molecule has 0 atom stereocenters. The lowest BCUT2D eigenvalue weighted by Gasteiger charge is -2.02. The van der Waals surface area contributed by atoms with Crippen molar-refractivity contribution in [1.29, 1.82) is 0 Å². The number of fused-ring (bicyclic) bond motifs is 1. The minimum Gasteiger partial charge on any atom is -0.507 e. The lowest BCUT2D eigenvalue weighted by Crippen LogP contribution is -1.82. The van der Waals surface area contributed by atoms with Gasteiger partial charge in [0.2, 0.25) is 5.89 Å². The Balaban J connectivity index is 1.69. The second-order valence-electron chi connectivity index (χ2n) is 6.19. The molecular formula is C22H17ClN2O2. The second-order valence-corrected chi connectivity index (χ2v) is 6.62. The molecule has 4 aromatic rings. The number of oxazole rings is 1. The van der Waals surface area contributed by atoms with Crippen LogP contribution in [0.2, 0.25) is 5.02 Å². The standard InChI is InChI=1S/C22H17ClN2O2/c1-2-14-5-10-21-19(11-14)25-22(27-21)18-12-17(8-9-20(18)26)24-13-15-3-6-16(23)7-4-15/h3-13,26H,2H2,1H3. The monoisotopic (exact) mass is 376 g/mol. The molecule has 0 aliphatic carbocycles. The number of aliphatic imine (C=N–C) groups is 1. The molecule has 0 aliphatic rings. The van der Waals surface area contributed by atoms with E-state index < -0.39 is 0 Å². The maximum Gasteiger partial charge on any atom is 0.231 e. The van der Waals surface area contributed by atoms with Gasteiger partial charge in [0.1, 0.15) is 11.3 Å². The van der Waals surface area contributed by atoms with Crippen molar-refractivity contribution in [2.45, 2.75) is 13.3 Å². The number of aryl methyl sites for hydroxylation is 1. The van der Waals surface area contributed by atoms with Gasteiger partial charge in [0.25, 0.3) is 0 Å². The van der Waals surface area contributed by atoms with Crippen LogP contribution in [-0.2, 0) is 6.42 Å². The van der Waals surface area contributed by atoms with Gasteiger partial charge in [-0.1, -0.05) is 36.7 Å². The van der Waals surface area contributed by atoms with E-state index in [1.54, 1.807) is 24.4 Å². The van der Waals surface area contributed by atoms with Crippen LogP contribution in [0.5, 0.6) is 5.75 Å². The highest BCUT2D eigenvalue weighted by atomic mass is 35.5. The first kappa shape index (κ1) is 17.3. The highest BCUT2D eigenvalue weighted by molar-refractivity contribution is 6.30. The van der Waals surface area contributed by atoms with E-state index in [0.717, 1.165) is 17.5 Å². The summed E-state index contributed by atoms with van der Waals surface area (Å²) in [6.07, 6.45) is 2.67. The van der Waals surface area contributed by atoms with Gasteiger partial charge in [-0.3, -0.25) is 4.99 Å². The van der Waals surface area contributed by atoms with Crippen LogP contribution in [0, 0.1) is 0 Å². The molecule has 0 spiro atoms. The Labute approximate surface area is 161 Å². The Morgan fingerprint density at radius 2 is 1.89 bits per heavy atom. The quantitative estimate of drug-likeness (QED) is 0.433. The van der Waals surface area contributed by atoms with Gasteiger partial charge in [-0.05, 0) is 60.0 Å². The van der Waals surface area contributed by atoms with Crippen LogP contribution in [0.1, 0.15) is 18.1 Å². The molecular weight excluding hydrogens is 360 g/mol. The van der Waals surface area contributed by atoms with Crippen molar-refractivity contribution in [2.75, 3.05) is 0 Å². The molecule has 5 heteroatoms. The van der Waals surface area contributed by atoms with Crippen molar-refractivity contribution in [3.63, 3.8) is 0 Å². The average molecular weight is 377 g/mol. The summed E-state index contributed by atoms with van der Waals surface area (Å²) in [6.45, 7) is 2.09. The fourth-order valence-electron chi connectivity index (χ4n) is 2.78. The zero-order valence-corrected chi connectivity index (χ0v) is 15.4. The lowest BCUT2D eigenvalue weighted by molar-refractivity contribution is 0.474. The summed E-state index contributed by atoms with van der Waals surface area (Å²) in [7, 11) is 0. The predicted octanol–water partition coefficient (Wildman–Crippen LogP) is 6.17. The summed E-state index contributed by atoms with van der Waals surface area (Å²) < 4.78 is 5.83. The predicted molar refractivity (Wildman–Crippen MR) is 109 cm³/mol. The molecule has 0 fully saturated rings. The van der Waals surface area contributed by atoms with Crippen LogP contribution in [0.25, 0.3) is 22.6 Å². The van der Waals surface area contributed by atoms with Crippen molar-refractivity contribution in [3.8, 4) is 17.2 Å². The third-order valence-corrected chi connectivity index (χ3v) is 4.56. The molecule has 0 saturated heterocycles. The van der Waals surface area contributed by atoms with E-state index in [1.807, 2.05) is 42.5 Å². The van der Waals surface area contributed by atoms with Gasteiger partial charge in [0.15, 0.2) is 5.58 Å². The maximum atomic E-state index is 10.3. The van der Waals surface area contributed by atoms with E-state index in [1.165, 1.54) is 5.56 Å². The van der Waals surface area contributed by atoms with E-state index in [9.17, 15) is 5.11 Å². The Morgan fingerprint density at radius 3 is 2.67 bits per heavy atom. The molecule has 27 heavy (non-hydrogen) atoms. The van der Waals surface area contributed by atoms with Gasteiger partial charge >= 0.3 is 0 Å². The molecule has 1 aromatic heterocycles. The minimum absolute atomic E-state index is 0.0997. The zero-order chi connectivity index (χ0) is 18.8. The van der Waals surface area contributed by atoms with Gasteiger partial charge in [0, 0.05) is 11.2 Å². The summed E-state index contributed by atoms with van der Waals surface area (Å²) in [4.78, 5) is 8.99.